The van der Waals surface area contributed by atoms with Crippen LogP contribution in [0.5, 0.6) is 0 Å². The highest BCUT2D eigenvalue weighted by Crippen LogP contribution is 2.33. The van der Waals surface area contributed by atoms with E-state index < -0.39 is 52.7 Å². The van der Waals surface area contributed by atoms with Gasteiger partial charge in [-0.15, -0.1) is 11.6 Å². The first-order chi connectivity index (χ1) is 29.8. The molecule has 0 heterocycles. The quantitative estimate of drug-likeness (QED) is 0.0457. The van der Waals surface area contributed by atoms with Crippen LogP contribution in [0.1, 0.15) is 52.4 Å². The molecule has 0 radical (unpaired) electrons. The smallest absolute Gasteiger partial charge is 0.258 e. The number of halogens is 7. The second-order valence-corrected chi connectivity index (χ2v) is 16.5. The molecule has 21 heteroatoms. The third-order valence-corrected chi connectivity index (χ3v) is 11.0. The summed E-state index contributed by atoms with van der Waals surface area (Å²) in [5, 5.41) is 26.9. The van der Waals surface area contributed by atoms with E-state index >= 15 is 0 Å². The number of carbonyl (C=O) groups is 6. The van der Waals surface area contributed by atoms with E-state index in [-0.39, 0.29) is 54.0 Å². The minimum Gasteiger partial charge on any atom is -0.324 e. The summed E-state index contributed by atoms with van der Waals surface area (Å²) in [6.07, 6.45) is 0. The summed E-state index contributed by atoms with van der Waals surface area (Å²) in [5.74, 6) is -4.16. The van der Waals surface area contributed by atoms with Crippen LogP contribution >= 0.6 is 81.2 Å². The number of hydrogen-bond acceptors (Lipinski definition) is 10. The molecule has 3 unspecified atom stereocenters. The Morgan fingerprint density at radius 1 is 0.476 bits per heavy atom. The van der Waals surface area contributed by atoms with Gasteiger partial charge in [-0.25, -0.2) is 0 Å². The van der Waals surface area contributed by atoms with Gasteiger partial charge in [0, 0.05) is 33.9 Å². The maximum atomic E-state index is 13.5. The van der Waals surface area contributed by atoms with Gasteiger partial charge in [-0.2, -0.15) is 20.5 Å². The van der Waals surface area contributed by atoms with Crippen LogP contribution in [0.25, 0.3) is 0 Å². The minimum absolute atomic E-state index is 0.000368. The molecule has 0 bridgehead atoms. The summed E-state index contributed by atoms with van der Waals surface area (Å²) in [4.78, 5) is 77.9. The minimum atomic E-state index is -1.65. The molecule has 0 aliphatic rings. The number of benzene rings is 5. The lowest BCUT2D eigenvalue weighted by Crippen LogP contribution is -2.32. The fraction of sp³-hybridized carbons (Fsp3) is 0.143. The van der Waals surface area contributed by atoms with Crippen molar-refractivity contribution in [1.29, 1.82) is 0 Å². The van der Waals surface area contributed by atoms with Gasteiger partial charge in [0.15, 0.2) is 11.6 Å². The average molecular weight is 992 g/mol. The van der Waals surface area contributed by atoms with E-state index in [0.717, 1.165) is 13.8 Å². The fourth-order valence-corrected chi connectivity index (χ4v) is 6.47. The number of amides is 4. The van der Waals surface area contributed by atoms with Crippen molar-refractivity contribution in [2.24, 2.45) is 20.5 Å². The second-order valence-electron chi connectivity index (χ2n) is 13.4. The Morgan fingerprint density at radius 3 is 1.29 bits per heavy atom. The van der Waals surface area contributed by atoms with Crippen molar-refractivity contribution in [2.45, 2.75) is 38.2 Å². The SMILES string of the molecule is CC(=O)C(N=Nc1cc(C(=O)Nc2ccc(Cl)c(Cl)c2)ccc1Cl)C(=O)Nc1ccc(NC(=O)C(N=Nc2cc(C(=O)Nc3ccc(Cl)c(Cl)c3)ccc2Cl)C(C)=O)c(C(C)Cl)c1. The molecule has 3 atom stereocenters. The molecular weight excluding hydrogens is 961 g/mol. The monoisotopic (exact) mass is 988 g/mol. The molecule has 4 N–H and O–H groups in total. The molecule has 0 spiro atoms. The molecule has 4 amide bonds. The third kappa shape index (κ3) is 13.1. The van der Waals surface area contributed by atoms with E-state index in [0.29, 0.717) is 27.0 Å². The number of nitrogens with one attached hydrogen (secondary N) is 4. The fourth-order valence-electron chi connectivity index (χ4n) is 5.39. The molecule has 5 aromatic carbocycles. The van der Waals surface area contributed by atoms with Crippen LogP contribution < -0.4 is 21.3 Å². The van der Waals surface area contributed by atoms with Crippen LogP contribution in [0, 0.1) is 0 Å². The standard InChI is InChI=1S/C42H31Cl7N8O6/c1-19(43)27-16-24(52-41(62)37(20(2)58)56-54-35-14-22(4-9-30(35)46)39(60)50-25-6-11-28(44)32(48)17-25)8-13-34(27)53-42(63)38(21(3)59)57-55-36-15-23(5-10-31(36)47)40(61)51-26-7-12-29(45)33(49)18-26/h4-19,37-38H,1-3H3,(H,50,60)(H,51,61)(H,52,62)(H,53,63). The summed E-state index contributed by atoms with van der Waals surface area (Å²) in [7, 11) is 0. The first-order valence-corrected chi connectivity index (χ1v) is 20.9. The van der Waals surface area contributed by atoms with Crippen molar-refractivity contribution in [3.05, 3.63) is 138 Å². The molecule has 0 aliphatic heterocycles. The van der Waals surface area contributed by atoms with E-state index in [9.17, 15) is 28.8 Å². The van der Waals surface area contributed by atoms with Crippen molar-refractivity contribution in [3.8, 4) is 0 Å². The Bertz CT molecular complexity index is 2710. The van der Waals surface area contributed by atoms with E-state index in [1.165, 1.54) is 78.9 Å². The lowest BCUT2D eigenvalue weighted by molar-refractivity contribution is -0.127. The number of Topliss-reactive ketones (excluding diaryl/α,β-unsaturated/α-hetero) is 2. The van der Waals surface area contributed by atoms with Gasteiger partial charge in [0.25, 0.3) is 23.6 Å². The van der Waals surface area contributed by atoms with Gasteiger partial charge >= 0.3 is 0 Å². The lowest BCUT2D eigenvalue weighted by atomic mass is 10.1. The first kappa shape index (κ1) is 48.6. The largest absolute Gasteiger partial charge is 0.324 e. The molecule has 63 heavy (non-hydrogen) atoms. The number of hydrogen-bond donors (Lipinski definition) is 4. The molecule has 324 valence electrons. The zero-order valence-corrected chi connectivity index (χ0v) is 38.1. The third-order valence-electron chi connectivity index (χ3n) is 8.61. The number of rotatable bonds is 15. The Hall–Kier alpha value is -5.45. The summed E-state index contributed by atoms with van der Waals surface area (Å²) in [6, 6.07) is 18.4. The van der Waals surface area contributed by atoms with E-state index in [1.54, 1.807) is 19.1 Å². The van der Waals surface area contributed by atoms with Crippen LogP contribution in [-0.2, 0) is 19.2 Å². The molecule has 5 aromatic rings. The maximum Gasteiger partial charge on any atom is 0.258 e. The van der Waals surface area contributed by atoms with Gasteiger partial charge in [0.05, 0.1) is 35.5 Å². The van der Waals surface area contributed by atoms with Gasteiger partial charge in [-0.1, -0.05) is 69.6 Å². The number of alkyl halides is 1. The highest BCUT2D eigenvalue weighted by Gasteiger charge is 2.27. The number of azo groups is 2. The van der Waals surface area contributed by atoms with Crippen molar-refractivity contribution in [3.63, 3.8) is 0 Å². The van der Waals surface area contributed by atoms with Crippen molar-refractivity contribution >= 4 is 151 Å². The zero-order valence-electron chi connectivity index (χ0n) is 32.8. The highest BCUT2D eigenvalue weighted by atomic mass is 35.5. The van der Waals surface area contributed by atoms with Crippen LogP contribution in [0.4, 0.5) is 34.1 Å². The van der Waals surface area contributed by atoms with Crippen LogP contribution in [0.3, 0.4) is 0 Å². The Balaban J connectivity index is 1.28. The van der Waals surface area contributed by atoms with E-state index in [1.807, 2.05) is 0 Å². The van der Waals surface area contributed by atoms with Gasteiger partial charge in [0.1, 0.15) is 11.4 Å². The Kier molecular flexibility index (Phi) is 16.8. The number of carbonyl (C=O) groups excluding carboxylic acids is 6. The number of anilines is 4. The predicted molar refractivity (Wildman–Crippen MR) is 248 cm³/mol. The van der Waals surface area contributed by atoms with Crippen LogP contribution in [0.2, 0.25) is 30.1 Å². The summed E-state index contributed by atoms with van der Waals surface area (Å²) < 4.78 is 0. The van der Waals surface area contributed by atoms with Crippen molar-refractivity contribution in [1.82, 2.24) is 0 Å². The highest BCUT2D eigenvalue weighted by molar-refractivity contribution is 6.43. The molecule has 5 rings (SSSR count). The maximum absolute atomic E-state index is 13.5. The van der Waals surface area contributed by atoms with E-state index in [4.69, 9.17) is 81.2 Å². The molecule has 0 aliphatic carbocycles. The Labute approximate surface area is 394 Å². The van der Waals surface area contributed by atoms with Gasteiger partial charge in [-0.3, -0.25) is 28.8 Å². The van der Waals surface area contributed by atoms with Crippen LogP contribution in [-0.4, -0.2) is 47.3 Å². The van der Waals surface area contributed by atoms with Gasteiger partial charge < -0.3 is 21.3 Å². The van der Waals surface area contributed by atoms with Crippen LogP contribution in [0.15, 0.2) is 111 Å². The van der Waals surface area contributed by atoms with Gasteiger partial charge in [0.2, 0.25) is 12.1 Å². The predicted octanol–water partition coefficient (Wildman–Crippen LogP) is 12.8. The molecular formula is C42H31Cl7N8O6. The van der Waals surface area contributed by atoms with E-state index in [2.05, 4.69) is 41.7 Å². The topological polar surface area (TPSA) is 200 Å². The average Bonchev–Trinajstić information content (AvgIpc) is 3.22. The lowest BCUT2D eigenvalue weighted by Gasteiger charge is -2.17. The van der Waals surface area contributed by atoms with Gasteiger partial charge in [-0.05, 0) is 117 Å². The number of nitrogens with zero attached hydrogens (tertiary/aromatic N) is 4. The molecule has 0 aromatic heterocycles. The first-order valence-electron chi connectivity index (χ1n) is 18.2. The zero-order chi connectivity index (χ0) is 46.1. The second kappa shape index (κ2) is 21.8. The summed E-state index contributed by atoms with van der Waals surface area (Å²) in [6.45, 7) is 3.88. The summed E-state index contributed by atoms with van der Waals surface area (Å²) in [5.41, 5.74) is 1.66. The normalized spacial score (nSPS) is 12.7. The molecule has 14 nitrogen and oxygen atoms in total. The van der Waals surface area contributed by atoms with Crippen molar-refractivity contribution < 1.29 is 28.8 Å². The summed E-state index contributed by atoms with van der Waals surface area (Å²) >= 11 is 43.1. The van der Waals surface area contributed by atoms with Crippen molar-refractivity contribution in [2.75, 3.05) is 21.3 Å². The number of ketones is 2. The molecule has 0 saturated carbocycles. The Morgan fingerprint density at radius 2 is 0.873 bits per heavy atom. The molecule has 0 fully saturated rings. The molecule has 0 saturated heterocycles.